The second kappa shape index (κ2) is 3.96. The first-order valence-corrected chi connectivity index (χ1v) is 4.74. The Labute approximate surface area is 79.7 Å². The van der Waals surface area contributed by atoms with Crippen LogP contribution >= 0.6 is 0 Å². The van der Waals surface area contributed by atoms with E-state index in [1.54, 1.807) is 19.0 Å². The molecule has 1 aliphatic heterocycles. The molecule has 4 heteroatoms. The van der Waals surface area contributed by atoms with Gasteiger partial charge in [-0.05, 0) is 25.8 Å². The molecule has 1 fully saturated rings. The summed E-state index contributed by atoms with van der Waals surface area (Å²) < 4.78 is 0. The SMILES string of the molecule is CC1CC(CN)CN1C(=O)N(C)C. The van der Waals surface area contributed by atoms with Crippen LogP contribution in [0.3, 0.4) is 0 Å². The lowest BCUT2D eigenvalue weighted by atomic mass is 10.1. The summed E-state index contributed by atoms with van der Waals surface area (Å²) in [5, 5.41) is 0. The number of carbonyl (C=O) groups excluding carboxylic acids is 1. The smallest absolute Gasteiger partial charge is 0.319 e. The topological polar surface area (TPSA) is 49.6 Å². The molecule has 0 aromatic carbocycles. The molecule has 1 rings (SSSR count). The Kier molecular flexibility index (Phi) is 3.14. The third kappa shape index (κ3) is 2.12. The van der Waals surface area contributed by atoms with E-state index in [1.165, 1.54) is 0 Å². The number of rotatable bonds is 1. The van der Waals surface area contributed by atoms with Gasteiger partial charge in [0.25, 0.3) is 0 Å². The van der Waals surface area contributed by atoms with E-state index in [4.69, 9.17) is 5.73 Å². The van der Waals surface area contributed by atoms with Gasteiger partial charge >= 0.3 is 6.03 Å². The summed E-state index contributed by atoms with van der Waals surface area (Å²) in [5.74, 6) is 0.485. The zero-order valence-corrected chi connectivity index (χ0v) is 8.66. The first-order chi connectivity index (χ1) is 6.06. The summed E-state index contributed by atoms with van der Waals surface area (Å²) in [6.07, 6.45) is 1.04. The van der Waals surface area contributed by atoms with Crippen molar-refractivity contribution in [2.75, 3.05) is 27.2 Å². The highest BCUT2D eigenvalue weighted by atomic mass is 16.2. The van der Waals surface area contributed by atoms with Gasteiger partial charge in [-0.2, -0.15) is 0 Å². The van der Waals surface area contributed by atoms with Crippen molar-refractivity contribution in [1.29, 1.82) is 0 Å². The normalized spacial score (nSPS) is 27.8. The lowest BCUT2D eigenvalue weighted by molar-refractivity contribution is 0.168. The largest absolute Gasteiger partial charge is 0.331 e. The van der Waals surface area contributed by atoms with Crippen molar-refractivity contribution >= 4 is 6.03 Å². The lowest BCUT2D eigenvalue weighted by Crippen LogP contribution is -2.41. The maximum absolute atomic E-state index is 11.6. The molecule has 1 heterocycles. The molecule has 4 nitrogen and oxygen atoms in total. The molecule has 2 atom stereocenters. The molecule has 0 radical (unpaired) electrons. The van der Waals surface area contributed by atoms with Gasteiger partial charge in [-0.1, -0.05) is 0 Å². The monoisotopic (exact) mass is 185 g/mol. The molecule has 0 aliphatic carbocycles. The number of carbonyl (C=O) groups is 1. The molecule has 13 heavy (non-hydrogen) atoms. The average Bonchev–Trinajstić information content (AvgIpc) is 2.45. The van der Waals surface area contributed by atoms with E-state index in [0.29, 0.717) is 18.5 Å². The van der Waals surface area contributed by atoms with Gasteiger partial charge in [0.15, 0.2) is 0 Å². The highest BCUT2D eigenvalue weighted by molar-refractivity contribution is 5.74. The third-order valence-electron chi connectivity index (χ3n) is 2.62. The van der Waals surface area contributed by atoms with Crippen molar-refractivity contribution < 1.29 is 4.79 Å². The van der Waals surface area contributed by atoms with Gasteiger partial charge in [0, 0.05) is 26.7 Å². The third-order valence-corrected chi connectivity index (χ3v) is 2.62. The predicted octanol–water partition coefficient (Wildman–Crippen LogP) is 0.337. The highest BCUT2D eigenvalue weighted by Crippen LogP contribution is 2.22. The molecule has 2 unspecified atom stereocenters. The van der Waals surface area contributed by atoms with Gasteiger partial charge in [0.1, 0.15) is 0 Å². The lowest BCUT2D eigenvalue weighted by Gasteiger charge is -2.25. The Morgan fingerprint density at radius 3 is 2.62 bits per heavy atom. The Balaban J connectivity index is 2.57. The minimum Gasteiger partial charge on any atom is -0.331 e. The molecule has 76 valence electrons. The number of nitrogens with zero attached hydrogens (tertiary/aromatic N) is 2. The van der Waals surface area contributed by atoms with Gasteiger partial charge in [-0.25, -0.2) is 4.79 Å². The van der Waals surface area contributed by atoms with E-state index in [0.717, 1.165) is 13.0 Å². The van der Waals surface area contributed by atoms with Crippen LogP contribution in [0, 0.1) is 5.92 Å². The predicted molar refractivity (Wildman–Crippen MR) is 52.4 cm³/mol. The molecular formula is C9H19N3O. The zero-order valence-electron chi connectivity index (χ0n) is 8.66. The Hall–Kier alpha value is -0.770. The van der Waals surface area contributed by atoms with E-state index in [9.17, 15) is 4.79 Å². The van der Waals surface area contributed by atoms with Crippen LogP contribution in [-0.2, 0) is 0 Å². The van der Waals surface area contributed by atoms with Crippen molar-refractivity contribution in [3.05, 3.63) is 0 Å². The van der Waals surface area contributed by atoms with Crippen LogP contribution in [0.15, 0.2) is 0 Å². The van der Waals surface area contributed by atoms with Crippen molar-refractivity contribution in [2.24, 2.45) is 11.7 Å². The van der Waals surface area contributed by atoms with E-state index in [1.807, 2.05) is 4.90 Å². The van der Waals surface area contributed by atoms with Crippen LogP contribution in [0.1, 0.15) is 13.3 Å². The van der Waals surface area contributed by atoms with E-state index in [2.05, 4.69) is 6.92 Å². The molecule has 2 amide bonds. The number of amides is 2. The van der Waals surface area contributed by atoms with Gasteiger partial charge in [-0.15, -0.1) is 0 Å². The van der Waals surface area contributed by atoms with Crippen LogP contribution in [-0.4, -0.2) is 49.1 Å². The van der Waals surface area contributed by atoms with Gasteiger partial charge in [-0.3, -0.25) is 0 Å². The standard InChI is InChI=1S/C9H19N3O/c1-7-4-8(5-10)6-12(7)9(13)11(2)3/h7-8H,4-6,10H2,1-3H3. The highest BCUT2D eigenvalue weighted by Gasteiger charge is 2.32. The number of hydrogen-bond donors (Lipinski definition) is 1. The summed E-state index contributed by atoms with van der Waals surface area (Å²) in [4.78, 5) is 15.1. The zero-order chi connectivity index (χ0) is 10.0. The average molecular weight is 185 g/mol. The summed E-state index contributed by atoms with van der Waals surface area (Å²) in [7, 11) is 3.57. The van der Waals surface area contributed by atoms with E-state index in [-0.39, 0.29) is 6.03 Å². The van der Waals surface area contributed by atoms with E-state index < -0.39 is 0 Å². The van der Waals surface area contributed by atoms with Crippen molar-refractivity contribution in [3.63, 3.8) is 0 Å². The van der Waals surface area contributed by atoms with Crippen LogP contribution in [0.4, 0.5) is 4.79 Å². The molecule has 0 aromatic rings. The minimum absolute atomic E-state index is 0.100. The fourth-order valence-corrected chi connectivity index (χ4v) is 1.84. The first kappa shape index (κ1) is 10.3. The molecule has 1 saturated heterocycles. The van der Waals surface area contributed by atoms with Crippen LogP contribution in [0.25, 0.3) is 0 Å². The summed E-state index contributed by atoms with van der Waals surface area (Å²) in [5.41, 5.74) is 5.58. The van der Waals surface area contributed by atoms with Crippen molar-refractivity contribution in [1.82, 2.24) is 9.80 Å². The summed E-state index contributed by atoms with van der Waals surface area (Å²) in [6, 6.07) is 0.437. The Morgan fingerprint density at radius 2 is 2.23 bits per heavy atom. The van der Waals surface area contributed by atoms with Gasteiger partial charge < -0.3 is 15.5 Å². The number of nitrogens with two attached hydrogens (primary N) is 1. The second-order valence-electron chi connectivity index (χ2n) is 4.02. The van der Waals surface area contributed by atoms with Gasteiger partial charge in [0.05, 0.1) is 0 Å². The molecular weight excluding hydrogens is 166 g/mol. The fraction of sp³-hybridized carbons (Fsp3) is 0.889. The van der Waals surface area contributed by atoms with Crippen molar-refractivity contribution in [2.45, 2.75) is 19.4 Å². The fourth-order valence-electron chi connectivity index (χ4n) is 1.84. The summed E-state index contributed by atoms with van der Waals surface area (Å²) >= 11 is 0. The second-order valence-corrected chi connectivity index (χ2v) is 4.02. The molecule has 0 aromatic heterocycles. The molecule has 2 N–H and O–H groups in total. The number of hydrogen-bond acceptors (Lipinski definition) is 2. The first-order valence-electron chi connectivity index (χ1n) is 4.74. The molecule has 0 bridgehead atoms. The summed E-state index contributed by atoms with van der Waals surface area (Å²) in [6.45, 7) is 3.58. The number of urea groups is 1. The Morgan fingerprint density at radius 1 is 1.62 bits per heavy atom. The minimum atomic E-state index is 0.100. The van der Waals surface area contributed by atoms with Crippen molar-refractivity contribution in [3.8, 4) is 0 Å². The maximum atomic E-state index is 11.6. The molecule has 0 saturated carbocycles. The van der Waals surface area contributed by atoms with Crippen LogP contribution in [0.2, 0.25) is 0 Å². The molecule has 0 spiro atoms. The van der Waals surface area contributed by atoms with Gasteiger partial charge in [0.2, 0.25) is 0 Å². The molecule has 1 aliphatic rings. The Bertz CT molecular complexity index is 193. The van der Waals surface area contributed by atoms with Crippen LogP contribution < -0.4 is 5.73 Å². The maximum Gasteiger partial charge on any atom is 0.319 e. The van der Waals surface area contributed by atoms with E-state index >= 15 is 0 Å². The number of likely N-dealkylation sites (tertiary alicyclic amines) is 1. The van der Waals surface area contributed by atoms with Crippen LogP contribution in [0.5, 0.6) is 0 Å². The quantitative estimate of drug-likeness (QED) is 0.640.